The minimum atomic E-state index is 0.381. The van der Waals surface area contributed by atoms with Crippen molar-refractivity contribution in [3.8, 4) is 0 Å². The quantitative estimate of drug-likeness (QED) is 0.759. The molecule has 1 aromatic carbocycles. The summed E-state index contributed by atoms with van der Waals surface area (Å²) in [6.07, 6.45) is 6.42. The summed E-state index contributed by atoms with van der Waals surface area (Å²) in [5.41, 5.74) is 6.09. The van der Waals surface area contributed by atoms with Crippen LogP contribution in [0.25, 0.3) is 0 Å². The minimum absolute atomic E-state index is 0.381. The van der Waals surface area contributed by atoms with Gasteiger partial charge in [-0.1, -0.05) is 26.5 Å². The maximum absolute atomic E-state index is 4.45. The molecule has 1 fully saturated rings. The zero-order chi connectivity index (χ0) is 18.8. The Morgan fingerprint density at radius 2 is 1.73 bits per heavy atom. The number of aryl methyl sites for hydroxylation is 3. The van der Waals surface area contributed by atoms with Gasteiger partial charge < -0.3 is 5.32 Å². The molecule has 4 unspecified atom stereocenters. The molecule has 26 heavy (non-hydrogen) atoms. The van der Waals surface area contributed by atoms with Crippen LogP contribution in [-0.4, -0.2) is 9.97 Å². The first kappa shape index (κ1) is 18.6. The second-order valence-electron chi connectivity index (χ2n) is 8.06. The molecule has 3 rings (SSSR count). The van der Waals surface area contributed by atoms with E-state index < -0.39 is 0 Å². The van der Waals surface area contributed by atoms with Gasteiger partial charge in [-0.25, -0.2) is 9.97 Å². The average Bonchev–Trinajstić information content (AvgIpc) is 2.61. The molecule has 0 saturated heterocycles. The second-order valence-corrected chi connectivity index (χ2v) is 8.06. The highest BCUT2D eigenvalue weighted by molar-refractivity contribution is 5.52. The molecule has 1 saturated carbocycles. The second kappa shape index (κ2) is 7.61. The summed E-state index contributed by atoms with van der Waals surface area (Å²) in [6, 6.07) is 6.53. The van der Waals surface area contributed by atoms with Crippen molar-refractivity contribution in [1.29, 1.82) is 0 Å². The largest absolute Gasteiger partial charge is 0.359 e. The van der Waals surface area contributed by atoms with Gasteiger partial charge in [-0.3, -0.25) is 0 Å². The number of anilines is 1. The number of hydrogen-bond donors (Lipinski definition) is 1. The summed E-state index contributed by atoms with van der Waals surface area (Å²) >= 11 is 0. The van der Waals surface area contributed by atoms with Crippen LogP contribution in [0, 0.1) is 38.5 Å². The van der Waals surface area contributed by atoms with Crippen molar-refractivity contribution >= 4 is 5.69 Å². The predicted molar refractivity (Wildman–Crippen MR) is 109 cm³/mol. The van der Waals surface area contributed by atoms with E-state index in [9.17, 15) is 0 Å². The molecule has 4 atom stereocenters. The molecule has 1 aliphatic rings. The third kappa shape index (κ3) is 3.82. The van der Waals surface area contributed by atoms with Gasteiger partial charge in [0, 0.05) is 29.7 Å². The SMILES string of the molecule is C=C(Nc1ccc(C)c(C)c1)C1C(c2cnc(C)nc2)CCC(C)C1C. The maximum Gasteiger partial charge on any atom is 0.125 e. The molecule has 138 valence electrons. The van der Waals surface area contributed by atoms with Gasteiger partial charge in [0.1, 0.15) is 5.82 Å². The third-order valence-corrected chi connectivity index (χ3v) is 6.27. The monoisotopic (exact) mass is 349 g/mol. The maximum atomic E-state index is 4.45. The average molecular weight is 350 g/mol. The number of nitrogens with one attached hydrogen (secondary N) is 1. The van der Waals surface area contributed by atoms with Crippen LogP contribution < -0.4 is 5.32 Å². The Balaban J connectivity index is 1.87. The minimum Gasteiger partial charge on any atom is -0.359 e. The van der Waals surface area contributed by atoms with Gasteiger partial charge in [0.25, 0.3) is 0 Å². The fraction of sp³-hybridized carbons (Fsp3) is 0.478. The first-order valence-corrected chi connectivity index (χ1v) is 9.68. The number of nitrogens with zero attached hydrogens (tertiary/aromatic N) is 2. The third-order valence-electron chi connectivity index (χ3n) is 6.27. The van der Waals surface area contributed by atoms with Crippen molar-refractivity contribution in [2.24, 2.45) is 17.8 Å². The Morgan fingerprint density at radius 1 is 1.04 bits per heavy atom. The van der Waals surface area contributed by atoms with Crippen LogP contribution in [0.1, 0.15) is 55.1 Å². The molecular weight excluding hydrogens is 318 g/mol. The lowest BCUT2D eigenvalue weighted by atomic mass is 9.65. The zero-order valence-corrected chi connectivity index (χ0v) is 16.7. The van der Waals surface area contributed by atoms with Gasteiger partial charge in [-0.05, 0) is 80.2 Å². The highest BCUT2D eigenvalue weighted by Gasteiger charge is 2.37. The highest BCUT2D eigenvalue weighted by atomic mass is 14.9. The molecule has 0 bridgehead atoms. The van der Waals surface area contributed by atoms with Crippen molar-refractivity contribution in [1.82, 2.24) is 9.97 Å². The molecule has 1 aromatic heterocycles. The lowest BCUT2D eigenvalue weighted by molar-refractivity contribution is 0.182. The molecule has 0 spiro atoms. The molecule has 2 aromatic rings. The van der Waals surface area contributed by atoms with E-state index in [0.29, 0.717) is 23.7 Å². The van der Waals surface area contributed by atoms with Gasteiger partial charge in [0.05, 0.1) is 0 Å². The Kier molecular flexibility index (Phi) is 5.45. The number of benzene rings is 1. The Bertz CT molecular complexity index is 779. The fourth-order valence-electron chi connectivity index (χ4n) is 4.22. The van der Waals surface area contributed by atoms with E-state index in [2.05, 4.69) is 67.8 Å². The lowest BCUT2D eigenvalue weighted by Crippen LogP contribution is -2.33. The van der Waals surface area contributed by atoms with Crippen molar-refractivity contribution in [3.05, 3.63) is 65.4 Å². The number of rotatable bonds is 4. The van der Waals surface area contributed by atoms with E-state index >= 15 is 0 Å². The van der Waals surface area contributed by atoms with Crippen LogP contribution in [0.3, 0.4) is 0 Å². The molecule has 1 N–H and O–H groups in total. The van der Waals surface area contributed by atoms with Gasteiger partial charge >= 0.3 is 0 Å². The predicted octanol–water partition coefficient (Wildman–Crippen LogP) is 5.79. The van der Waals surface area contributed by atoms with Gasteiger partial charge in [-0.2, -0.15) is 0 Å². The van der Waals surface area contributed by atoms with Crippen LogP contribution in [0.5, 0.6) is 0 Å². The number of aromatic nitrogens is 2. The molecule has 3 heteroatoms. The molecule has 1 aliphatic carbocycles. The molecule has 0 radical (unpaired) electrons. The van der Waals surface area contributed by atoms with Crippen LogP contribution in [0.15, 0.2) is 42.9 Å². The molecule has 3 nitrogen and oxygen atoms in total. The van der Waals surface area contributed by atoms with Crippen molar-refractivity contribution in [2.75, 3.05) is 5.32 Å². The van der Waals surface area contributed by atoms with Gasteiger partial charge in [0.2, 0.25) is 0 Å². The summed E-state index contributed by atoms with van der Waals surface area (Å²) in [5.74, 6) is 2.90. The summed E-state index contributed by atoms with van der Waals surface area (Å²) in [5, 5.41) is 3.61. The smallest absolute Gasteiger partial charge is 0.125 e. The number of hydrogen-bond acceptors (Lipinski definition) is 3. The van der Waals surface area contributed by atoms with Crippen LogP contribution >= 0.6 is 0 Å². The zero-order valence-electron chi connectivity index (χ0n) is 16.7. The fourth-order valence-corrected chi connectivity index (χ4v) is 4.22. The van der Waals surface area contributed by atoms with Crippen LogP contribution in [0.4, 0.5) is 5.69 Å². The van der Waals surface area contributed by atoms with Crippen molar-refractivity contribution < 1.29 is 0 Å². The normalized spacial score (nSPS) is 25.7. The van der Waals surface area contributed by atoms with E-state index in [1.54, 1.807) is 0 Å². The van der Waals surface area contributed by atoms with E-state index in [-0.39, 0.29) is 0 Å². The Labute approximate surface area is 158 Å². The first-order valence-electron chi connectivity index (χ1n) is 9.68. The topological polar surface area (TPSA) is 37.8 Å². The summed E-state index contributed by atoms with van der Waals surface area (Å²) in [4.78, 5) is 8.87. The summed E-state index contributed by atoms with van der Waals surface area (Å²) in [7, 11) is 0. The van der Waals surface area contributed by atoms with Crippen LogP contribution in [0.2, 0.25) is 0 Å². The van der Waals surface area contributed by atoms with Crippen LogP contribution in [-0.2, 0) is 0 Å². The molecule has 1 heterocycles. The standard InChI is InChI=1S/C23H31N3/c1-14-7-9-21(11-16(14)3)26-18(5)23-17(4)15(2)8-10-22(23)20-12-24-19(6)25-13-20/h7,9,11-13,15,17,22-23,26H,5,8,10H2,1-4,6H3. The van der Waals surface area contributed by atoms with Crippen molar-refractivity contribution in [2.45, 2.75) is 53.4 Å². The first-order chi connectivity index (χ1) is 12.4. The van der Waals surface area contributed by atoms with E-state index in [0.717, 1.165) is 23.6 Å². The molecular formula is C23H31N3. The number of allylic oxidation sites excluding steroid dienone is 1. The van der Waals surface area contributed by atoms with E-state index in [1.165, 1.54) is 23.1 Å². The van der Waals surface area contributed by atoms with Crippen molar-refractivity contribution in [3.63, 3.8) is 0 Å². The van der Waals surface area contributed by atoms with E-state index in [4.69, 9.17) is 0 Å². The highest BCUT2D eigenvalue weighted by Crippen LogP contribution is 2.46. The van der Waals surface area contributed by atoms with Gasteiger partial charge in [-0.15, -0.1) is 0 Å². The Morgan fingerprint density at radius 3 is 2.38 bits per heavy atom. The van der Waals surface area contributed by atoms with Gasteiger partial charge in [0.15, 0.2) is 0 Å². The molecule has 0 amide bonds. The summed E-state index contributed by atoms with van der Waals surface area (Å²) in [6.45, 7) is 15.4. The Hall–Kier alpha value is -2.16. The lowest BCUT2D eigenvalue weighted by Gasteiger charge is -2.41. The van der Waals surface area contributed by atoms with E-state index in [1.807, 2.05) is 19.3 Å². The molecule has 0 aliphatic heterocycles. The summed E-state index contributed by atoms with van der Waals surface area (Å²) < 4.78 is 0.